The van der Waals surface area contributed by atoms with Gasteiger partial charge in [-0.2, -0.15) is 0 Å². The second-order valence-corrected chi connectivity index (χ2v) is 6.86. The Labute approximate surface area is 174 Å². The smallest absolute Gasteiger partial charge is 0.291 e. The Morgan fingerprint density at radius 2 is 1.47 bits per heavy atom. The summed E-state index contributed by atoms with van der Waals surface area (Å²) >= 11 is 0. The van der Waals surface area contributed by atoms with Crippen LogP contribution in [0.5, 0.6) is 0 Å². The van der Waals surface area contributed by atoms with E-state index < -0.39 is 0 Å². The van der Waals surface area contributed by atoms with Gasteiger partial charge in [-0.25, -0.2) is 0 Å². The van der Waals surface area contributed by atoms with E-state index >= 15 is 0 Å². The van der Waals surface area contributed by atoms with Gasteiger partial charge < -0.3 is 15.1 Å². The molecule has 0 bridgehead atoms. The van der Waals surface area contributed by atoms with Crippen LogP contribution in [0, 0.1) is 6.92 Å². The van der Waals surface area contributed by atoms with Crippen LogP contribution in [-0.2, 0) is 0 Å². The molecule has 0 atom stereocenters. The number of nitrogens with one attached hydrogen (secondary N) is 2. The summed E-state index contributed by atoms with van der Waals surface area (Å²) in [5, 5.41) is 5.68. The van der Waals surface area contributed by atoms with Gasteiger partial charge in [-0.05, 0) is 60.0 Å². The molecule has 5 nitrogen and oxygen atoms in total. The Bertz CT molecular complexity index is 1170. The summed E-state index contributed by atoms with van der Waals surface area (Å²) in [6.07, 6.45) is 1.44. The largest absolute Gasteiger partial charge is 0.459 e. The molecule has 1 aromatic heterocycles. The first-order valence-electron chi connectivity index (χ1n) is 9.52. The first-order valence-corrected chi connectivity index (χ1v) is 9.52. The topological polar surface area (TPSA) is 71.3 Å². The van der Waals surface area contributed by atoms with E-state index in [9.17, 15) is 9.59 Å². The maximum atomic E-state index is 12.7. The van der Waals surface area contributed by atoms with Crippen LogP contribution in [0.1, 0.15) is 26.5 Å². The van der Waals surface area contributed by atoms with Crippen molar-refractivity contribution in [3.05, 3.63) is 108 Å². The van der Waals surface area contributed by atoms with E-state index in [0.717, 1.165) is 16.7 Å². The quantitative estimate of drug-likeness (QED) is 0.450. The van der Waals surface area contributed by atoms with Crippen molar-refractivity contribution in [1.29, 1.82) is 0 Å². The lowest BCUT2D eigenvalue weighted by atomic mass is 10.1. The molecule has 2 amide bonds. The first kappa shape index (κ1) is 19.2. The summed E-state index contributed by atoms with van der Waals surface area (Å²) in [6.45, 7) is 1.86. The third-order valence-electron chi connectivity index (χ3n) is 4.74. The molecule has 1 heterocycles. The Morgan fingerprint density at radius 1 is 0.733 bits per heavy atom. The second-order valence-electron chi connectivity index (χ2n) is 6.86. The van der Waals surface area contributed by atoms with Gasteiger partial charge in [0.1, 0.15) is 0 Å². The van der Waals surface area contributed by atoms with Crippen LogP contribution in [0.2, 0.25) is 0 Å². The minimum absolute atomic E-state index is 0.211. The number of carbonyl (C=O) groups excluding carboxylic acids is 2. The molecule has 0 aliphatic heterocycles. The van der Waals surface area contributed by atoms with Gasteiger partial charge in [-0.1, -0.05) is 48.5 Å². The normalized spacial score (nSPS) is 10.4. The van der Waals surface area contributed by atoms with E-state index in [2.05, 4.69) is 10.6 Å². The van der Waals surface area contributed by atoms with Crippen LogP contribution in [-0.4, -0.2) is 11.8 Å². The molecular formula is C25H20N2O3. The zero-order valence-corrected chi connectivity index (χ0v) is 16.4. The highest BCUT2D eigenvalue weighted by atomic mass is 16.3. The average molecular weight is 396 g/mol. The fraction of sp³-hybridized carbons (Fsp3) is 0.0400. The number of hydrogen-bond donors (Lipinski definition) is 2. The summed E-state index contributed by atoms with van der Waals surface area (Å²) < 4.78 is 5.11. The van der Waals surface area contributed by atoms with Gasteiger partial charge in [-0.15, -0.1) is 0 Å². The van der Waals surface area contributed by atoms with Crippen LogP contribution in [0.3, 0.4) is 0 Å². The van der Waals surface area contributed by atoms with Gasteiger partial charge in [0.05, 0.1) is 6.26 Å². The Balaban J connectivity index is 1.47. The summed E-state index contributed by atoms with van der Waals surface area (Å²) in [5.41, 5.74) is 4.74. The lowest BCUT2D eigenvalue weighted by Crippen LogP contribution is -2.15. The van der Waals surface area contributed by atoms with Crippen LogP contribution in [0.25, 0.3) is 11.1 Å². The monoisotopic (exact) mass is 396 g/mol. The van der Waals surface area contributed by atoms with E-state index in [1.165, 1.54) is 6.26 Å². The molecule has 4 rings (SSSR count). The third kappa shape index (κ3) is 4.31. The van der Waals surface area contributed by atoms with Crippen molar-refractivity contribution in [2.45, 2.75) is 6.92 Å². The van der Waals surface area contributed by atoms with E-state index in [1.807, 2.05) is 61.5 Å². The van der Waals surface area contributed by atoms with Crippen molar-refractivity contribution < 1.29 is 14.0 Å². The van der Waals surface area contributed by atoms with Crippen molar-refractivity contribution >= 4 is 23.2 Å². The fourth-order valence-electron chi connectivity index (χ4n) is 3.07. The van der Waals surface area contributed by atoms with Gasteiger partial charge in [-0.3, -0.25) is 9.59 Å². The van der Waals surface area contributed by atoms with Crippen LogP contribution in [0.15, 0.2) is 95.6 Å². The summed E-state index contributed by atoms with van der Waals surface area (Å²) in [5.74, 6) is -0.407. The second kappa shape index (κ2) is 8.49. The lowest BCUT2D eigenvalue weighted by molar-refractivity contribution is 0.0993. The number of rotatable bonds is 5. The maximum Gasteiger partial charge on any atom is 0.291 e. The number of benzene rings is 3. The molecule has 0 saturated carbocycles. The standard InChI is InChI=1S/C25H20N2O3/c1-17-9-10-20(16-22(17)27-25(29)23-8-5-15-30-23)24(28)26-21-13-11-19(12-14-21)18-6-3-2-4-7-18/h2-16H,1H3,(H,26,28)(H,27,29). The molecule has 30 heavy (non-hydrogen) atoms. The molecule has 148 valence electrons. The number of furan rings is 1. The van der Waals surface area contributed by atoms with E-state index in [4.69, 9.17) is 4.42 Å². The van der Waals surface area contributed by atoms with Crippen LogP contribution < -0.4 is 10.6 Å². The highest BCUT2D eigenvalue weighted by Gasteiger charge is 2.13. The molecule has 0 aliphatic rings. The van der Waals surface area contributed by atoms with Crippen molar-refractivity contribution in [1.82, 2.24) is 0 Å². The average Bonchev–Trinajstić information content (AvgIpc) is 3.31. The van der Waals surface area contributed by atoms with Gasteiger partial charge in [0.15, 0.2) is 5.76 Å². The molecule has 0 spiro atoms. The minimum atomic E-state index is -0.364. The Morgan fingerprint density at radius 3 is 2.17 bits per heavy atom. The summed E-state index contributed by atoms with van der Waals surface area (Å²) in [7, 11) is 0. The molecule has 0 unspecified atom stereocenters. The molecule has 0 aliphatic carbocycles. The van der Waals surface area contributed by atoms with E-state index in [0.29, 0.717) is 16.9 Å². The number of carbonyl (C=O) groups is 2. The summed E-state index contributed by atoms with van der Waals surface area (Å²) in [4.78, 5) is 24.9. The Hall–Kier alpha value is -4.12. The number of amides is 2. The third-order valence-corrected chi connectivity index (χ3v) is 4.74. The van der Waals surface area contributed by atoms with Crippen molar-refractivity contribution in [2.24, 2.45) is 0 Å². The van der Waals surface area contributed by atoms with Gasteiger partial charge in [0.2, 0.25) is 0 Å². The molecular weight excluding hydrogens is 376 g/mol. The number of aryl methyl sites for hydroxylation is 1. The van der Waals surface area contributed by atoms with Crippen LogP contribution in [0.4, 0.5) is 11.4 Å². The van der Waals surface area contributed by atoms with Crippen molar-refractivity contribution in [2.75, 3.05) is 10.6 Å². The van der Waals surface area contributed by atoms with Crippen LogP contribution >= 0.6 is 0 Å². The minimum Gasteiger partial charge on any atom is -0.459 e. The number of anilines is 2. The Kier molecular flexibility index (Phi) is 5.44. The highest BCUT2D eigenvalue weighted by molar-refractivity contribution is 6.07. The molecule has 0 saturated heterocycles. The number of hydrogen-bond acceptors (Lipinski definition) is 3. The predicted octanol–water partition coefficient (Wildman–Crippen LogP) is 5.76. The molecule has 4 aromatic rings. The SMILES string of the molecule is Cc1ccc(C(=O)Nc2ccc(-c3ccccc3)cc2)cc1NC(=O)c1ccco1. The highest BCUT2D eigenvalue weighted by Crippen LogP contribution is 2.22. The predicted molar refractivity (Wildman–Crippen MR) is 118 cm³/mol. The van der Waals surface area contributed by atoms with E-state index in [1.54, 1.807) is 30.3 Å². The van der Waals surface area contributed by atoms with Crippen molar-refractivity contribution in [3.63, 3.8) is 0 Å². The molecule has 0 fully saturated rings. The lowest BCUT2D eigenvalue weighted by Gasteiger charge is -2.11. The molecule has 3 aromatic carbocycles. The van der Waals surface area contributed by atoms with Gasteiger partial charge in [0.25, 0.3) is 11.8 Å². The van der Waals surface area contributed by atoms with Gasteiger partial charge >= 0.3 is 0 Å². The maximum absolute atomic E-state index is 12.7. The molecule has 0 radical (unpaired) electrons. The van der Waals surface area contributed by atoms with Gasteiger partial charge in [0, 0.05) is 16.9 Å². The zero-order chi connectivity index (χ0) is 20.9. The molecule has 2 N–H and O–H groups in total. The van der Waals surface area contributed by atoms with Crippen molar-refractivity contribution in [3.8, 4) is 11.1 Å². The zero-order valence-electron chi connectivity index (χ0n) is 16.4. The fourth-order valence-corrected chi connectivity index (χ4v) is 3.07. The summed E-state index contributed by atoms with van der Waals surface area (Å²) in [6, 6.07) is 26.1. The first-order chi connectivity index (χ1) is 14.6. The molecule has 5 heteroatoms. The van der Waals surface area contributed by atoms with E-state index in [-0.39, 0.29) is 17.6 Å².